The molecule has 1 aromatic carbocycles. The number of hydrogen-bond donors (Lipinski definition) is 1. The maximum absolute atomic E-state index is 12.5. The Hall–Kier alpha value is -1.81. The summed E-state index contributed by atoms with van der Waals surface area (Å²) in [5.41, 5.74) is 1.87. The number of aryl methyl sites for hydroxylation is 1. The van der Waals surface area contributed by atoms with E-state index < -0.39 is 0 Å². The lowest BCUT2D eigenvalue weighted by Gasteiger charge is -2.20. The van der Waals surface area contributed by atoms with E-state index >= 15 is 0 Å². The first-order valence-corrected chi connectivity index (χ1v) is 8.73. The van der Waals surface area contributed by atoms with Gasteiger partial charge >= 0.3 is 0 Å². The molecule has 1 fully saturated rings. The van der Waals surface area contributed by atoms with Crippen molar-refractivity contribution in [2.75, 3.05) is 24.5 Å². The second-order valence-corrected chi connectivity index (χ2v) is 7.10. The van der Waals surface area contributed by atoms with Gasteiger partial charge in [0.05, 0.1) is 5.56 Å². The molecule has 0 radical (unpaired) electrons. The van der Waals surface area contributed by atoms with Gasteiger partial charge in [-0.25, -0.2) is 0 Å². The smallest absolute Gasteiger partial charge is 0.253 e. The molecule has 2 heterocycles. The highest BCUT2D eigenvalue weighted by Gasteiger charge is 2.18. The fourth-order valence-electron chi connectivity index (χ4n) is 2.91. The van der Waals surface area contributed by atoms with Crippen LogP contribution in [0.4, 0.5) is 5.69 Å². The van der Waals surface area contributed by atoms with Crippen molar-refractivity contribution >= 4 is 22.9 Å². The fraction of sp³-hybridized carbons (Fsp3) is 0.389. The quantitative estimate of drug-likeness (QED) is 0.914. The highest BCUT2D eigenvalue weighted by atomic mass is 32.1. The van der Waals surface area contributed by atoms with Crippen LogP contribution in [0.15, 0.2) is 36.4 Å². The van der Waals surface area contributed by atoms with E-state index in [1.807, 2.05) is 18.2 Å². The number of nitrogens with one attached hydrogen (secondary N) is 1. The van der Waals surface area contributed by atoms with Gasteiger partial charge in [0.15, 0.2) is 0 Å². The SMILES string of the molecule is Cc1ccc(CCNC(=O)c2ccccc2N2CCCC2)s1. The van der Waals surface area contributed by atoms with Crippen molar-refractivity contribution in [1.82, 2.24) is 5.32 Å². The third-order valence-corrected chi connectivity index (χ3v) is 5.11. The Morgan fingerprint density at radius 2 is 1.95 bits per heavy atom. The molecule has 0 bridgehead atoms. The third-order valence-electron chi connectivity index (χ3n) is 4.05. The van der Waals surface area contributed by atoms with E-state index in [0.29, 0.717) is 6.54 Å². The molecule has 2 aromatic rings. The molecule has 0 unspecified atom stereocenters. The van der Waals surface area contributed by atoms with E-state index in [0.717, 1.165) is 30.8 Å². The first-order valence-electron chi connectivity index (χ1n) is 7.91. The molecule has 3 rings (SSSR count). The van der Waals surface area contributed by atoms with Gasteiger partial charge in [0.1, 0.15) is 0 Å². The maximum atomic E-state index is 12.5. The fourth-order valence-corrected chi connectivity index (χ4v) is 3.80. The standard InChI is InChI=1S/C18H22N2OS/c1-14-8-9-15(22-14)10-11-19-18(21)16-6-2-3-7-17(16)20-12-4-5-13-20/h2-3,6-9H,4-5,10-13H2,1H3,(H,19,21). The lowest BCUT2D eigenvalue weighted by atomic mass is 10.1. The first-order chi connectivity index (χ1) is 10.7. The van der Waals surface area contributed by atoms with Crippen molar-refractivity contribution < 1.29 is 4.79 Å². The summed E-state index contributed by atoms with van der Waals surface area (Å²) in [7, 11) is 0. The van der Waals surface area contributed by atoms with Crippen LogP contribution in [0.3, 0.4) is 0 Å². The van der Waals surface area contributed by atoms with Gasteiger partial charge in [0.2, 0.25) is 0 Å². The molecule has 1 aliphatic heterocycles. The van der Waals surface area contributed by atoms with Gasteiger partial charge in [-0.1, -0.05) is 12.1 Å². The van der Waals surface area contributed by atoms with Crippen LogP contribution >= 0.6 is 11.3 Å². The highest BCUT2D eigenvalue weighted by molar-refractivity contribution is 7.11. The number of para-hydroxylation sites is 1. The molecule has 4 heteroatoms. The molecule has 116 valence electrons. The van der Waals surface area contributed by atoms with Gasteiger partial charge in [-0.15, -0.1) is 11.3 Å². The molecule has 0 spiro atoms. The van der Waals surface area contributed by atoms with E-state index in [1.54, 1.807) is 11.3 Å². The summed E-state index contributed by atoms with van der Waals surface area (Å²) in [6, 6.07) is 12.2. The molecule has 1 aliphatic rings. The molecule has 0 saturated carbocycles. The van der Waals surface area contributed by atoms with Crippen LogP contribution in [0.5, 0.6) is 0 Å². The molecule has 3 nitrogen and oxygen atoms in total. The monoisotopic (exact) mass is 314 g/mol. The van der Waals surface area contributed by atoms with Crippen LogP contribution in [0, 0.1) is 6.92 Å². The predicted octanol–water partition coefficient (Wildman–Crippen LogP) is 3.63. The van der Waals surface area contributed by atoms with Crippen LogP contribution in [0.25, 0.3) is 0 Å². The number of nitrogens with zero attached hydrogens (tertiary/aromatic N) is 1. The topological polar surface area (TPSA) is 32.3 Å². The van der Waals surface area contributed by atoms with E-state index in [2.05, 4.69) is 35.3 Å². The molecular formula is C18H22N2OS. The normalized spacial score (nSPS) is 14.3. The molecule has 0 aliphatic carbocycles. The second-order valence-electron chi connectivity index (χ2n) is 5.73. The zero-order valence-electron chi connectivity index (χ0n) is 13.0. The Balaban J connectivity index is 1.62. The van der Waals surface area contributed by atoms with E-state index in [-0.39, 0.29) is 5.91 Å². The second kappa shape index (κ2) is 6.97. The summed E-state index contributed by atoms with van der Waals surface area (Å²) < 4.78 is 0. The minimum Gasteiger partial charge on any atom is -0.371 e. The van der Waals surface area contributed by atoms with Gasteiger partial charge in [0.25, 0.3) is 5.91 Å². The van der Waals surface area contributed by atoms with E-state index in [9.17, 15) is 4.79 Å². The number of carbonyl (C=O) groups is 1. The number of thiophene rings is 1. The Bertz CT molecular complexity index is 644. The van der Waals surface area contributed by atoms with Gasteiger partial charge < -0.3 is 10.2 Å². The Morgan fingerprint density at radius 3 is 2.68 bits per heavy atom. The number of anilines is 1. The van der Waals surface area contributed by atoms with Gasteiger partial charge in [-0.2, -0.15) is 0 Å². The van der Waals surface area contributed by atoms with Crippen LogP contribution in [-0.4, -0.2) is 25.5 Å². The summed E-state index contributed by atoms with van der Waals surface area (Å²) >= 11 is 1.80. The number of carbonyl (C=O) groups excluding carboxylic acids is 1. The maximum Gasteiger partial charge on any atom is 0.253 e. The van der Waals surface area contributed by atoms with E-state index in [1.165, 1.54) is 22.6 Å². The number of hydrogen-bond acceptors (Lipinski definition) is 3. The Kier molecular flexibility index (Phi) is 4.78. The van der Waals surface area contributed by atoms with Crippen molar-refractivity contribution in [3.05, 3.63) is 51.7 Å². The van der Waals surface area contributed by atoms with Crippen molar-refractivity contribution in [1.29, 1.82) is 0 Å². The van der Waals surface area contributed by atoms with Crippen molar-refractivity contribution in [3.63, 3.8) is 0 Å². The van der Waals surface area contributed by atoms with Crippen LogP contribution in [-0.2, 0) is 6.42 Å². The number of benzene rings is 1. The van der Waals surface area contributed by atoms with Crippen molar-refractivity contribution in [2.45, 2.75) is 26.2 Å². The number of amides is 1. The van der Waals surface area contributed by atoms with Gasteiger partial charge in [0, 0.05) is 35.1 Å². The van der Waals surface area contributed by atoms with Crippen LogP contribution in [0.2, 0.25) is 0 Å². The minimum absolute atomic E-state index is 0.0378. The van der Waals surface area contributed by atoms with Gasteiger partial charge in [-0.05, 0) is 50.5 Å². The minimum atomic E-state index is 0.0378. The third kappa shape index (κ3) is 3.50. The average Bonchev–Trinajstić information content (AvgIpc) is 3.19. The highest BCUT2D eigenvalue weighted by Crippen LogP contribution is 2.24. The summed E-state index contributed by atoms with van der Waals surface area (Å²) in [6.45, 7) is 4.91. The molecule has 1 amide bonds. The molecule has 1 saturated heterocycles. The lowest BCUT2D eigenvalue weighted by Crippen LogP contribution is -2.28. The molecule has 22 heavy (non-hydrogen) atoms. The van der Waals surface area contributed by atoms with Crippen LogP contribution in [0.1, 0.15) is 33.0 Å². The zero-order chi connectivity index (χ0) is 15.4. The van der Waals surface area contributed by atoms with Gasteiger partial charge in [-0.3, -0.25) is 4.79 Å². The molecule has 0 atom stereocenters. The zero-order valence-corrected chi connectivity index (χ0v) is 13.8. The summed E-state index contributed by atoms with van der Waals surface area (Å²) in [5, 5.41) is 3.06. The molecular weight excluding hydrogens is 292 g/mol. The van der Waals surface area contributed by atoms with E-state index in [4.69, 9.17) is 0 Å². The number of rotatable bonds is 5. The van der Waals surface area contributed by atoms with Crippen molar-refractivity contribution in [3.8, 4) is 0 Å². The molecule has 1 aromatic heterocycles. The first kappa shape index (κ1) is 15.1. The summed E-state index contributed by atoms with van der Waals surface area (Å²) in [4.78, 5) is 17.4. The average molecular weight is 314 g/mol. The lowest BCUT2D eigenvalue weighted by molar-refractivity contribution is 0.0954. The van der Waals surface area contributed by atoms with Crippen LogP contribution < -0.4 is 10.2 Å². The van der Waals surface area contributed by atoms with Crippen molar-refractivity contribution in [2.24, 2.45) is 0 Å². The summed E-state index contributed by atoms with van der Waals surface area (Å²) in [6.07, 6.45) is 3.33. The Labute approximate surface area is 136 Å². The molecule has 1 N–H and O–H groups in total. The summed E-state index contributed by atoms with van der Waals surface area (Å²) in [5.74, 6) is 0.0378. The largest absolute Gasteiger partial charge is 0.371 e. The predicted molar refractivity (Wildman–Crippen MR) is 93.0 cm³/mol. The Morgan fingerprint density at radius 1 is 1.18 bits per heavy atom.